The second kappa shape index (κ2) is 8.12. The Labute approximate surface area is 178 Å². The van der Waals surface area contributed by atoms with Crippen LogP contribution < -0.4 is 14.8 Å². The van der Waals surface area contributed by atoms with E-state index in [-0.39, 0.29) is 6.10 Å². The fourth-order valence-corrected chi connectivity index (χ4v) is 4.17. The minimum atomic E-state index is -0.120. The van der Waals surface area contributed by atoms with Crippen molar-refractivity contribution in [1.29, 1.82) is 0 Å². The van der Waals surface area contributed by atoms with Crippen LogP contribution in [0.2, 0.25) is 0 Å². The number of thiazole rings is 1. The first-order valence-corrected chi connectivity index (χ1v) is 10.6. The lowest BCUT2D eigenvalue weighted by atomic mass is 10.0. The van der Waals surface area contributed by atoms with Crippen LogP contribution >= 0.6 is 11.3 Å². The number of fused-ring (bicyclic) bond motifs is 1. The highest BCUT2D eigenvalue weighted by Crippen LogP contribution is 2.35. The zero-order valence-electron chi connectivity index (χ0n) is 16.4. The van der Waals surface area contributed by atoms with E-state index in [9.17, 15) is 0 Å². The molecule has 0 unspecified atom stereocenters. The van der Waals surface area contributed by atoms with Gasteiger partial charge in [0.15, 0.2) is 11.5 Å². The third-order valence-electron chi connectivity index (χ3n) is 4.89. The van der Waals surface area contributed by atoms with Gasteiger partial charge in [0.1, 0.15) is 12.7 Å². The molecule has 1 atom stereocenters. The summed E-state index contributed by atoms with van der Waals surface area (Å²) in [6.45, 7) is 3.02. The topological polar surface area (TPSA) is 69.2 Å². The second-order valence-corrected chi connectivity index (χ2v) is 7.82. The first kappa shape index (κ1) is 18.6. The molecule has 0 aliphatic carbocycles. The Kier molecular flexibility index (Phi) is 5.03. The smallest absolute Gasteiger partial charge is 0.223 e. The Balaban J connectivity index is 1.39. The summed E-state index contributed by atoms with van der Waals surface area (Å²) in [5, 5.41) is 3.30. The number of rotatable bonds is 5. The molecule has 1 aliphatic heterocycles. The molecule has 0 radical (unpaired) electrons. The predicted molar refractivity (Wildman–Crippen MR) is 118 cm³/mol. The number of anilines is 1. The third-order valence-corrected chi connectivity index (χ3v) is 5.82. The zero-order chi connectivity index (χ0) is 20.3. The molecule has 5 rings (SSSR count). The van der Waals surface area contributed by atoms with Crippen molar-refractivity contribution in [2.75, 3.05) is 18.5 Å². The van der Waals surface area contributed by atoms with Crippen LogP contribution in [0.5, 0.6) is 11.5 Å². The molecule has 0 bridgehead atoms. The van der Waals surface area contributed by atoms with Gasteiger partial charge in [-0.2, -0.15) is 0 Å². The highest BCUT2D eigenvalue weighted by molar-refractivity contribution is 7.13. The van der Waals surface area contributed by atoms with Gasteiger partial charge in [-0.15, -0.1) is 11.3 Å². The molecular formula is C23H20N4O2S. The number of para-hydroxylation sites is 2. The zero-order valence-corrected chi connectivity index (χ0v) is 17.2. The summed E-state index contributed by atoms with van der Waals surface area (Å²) in [6.07, 6.45) is 1.75. The standard InChI is InChI=1S/C23H20N4O2S/c1-15-22(30-14-26-15)21-18(16-7-3-2-4-8-16)12-25-23(27-21)24-11-17-13-28-19-9-5-6-10-20(19)29-17/h2-10,12,14,17H,11,13H2,1H3,(H,24,25,27)/t17-/m1/s1. The maximum Gasteiger partial charge on any atom is 0.223 e. The van der Waals surface area contributed by atoms with E-state index < -0.39 is 0 Å². The lowest BCUT2D eigenvalue weighted by Gasteiger charge is -2.26. The molecule has 0 saturated carbocycles. The van der Waals surface area contributed by atoms with Crippen LogP contribution in [0.25, 0.3) is 21.7 Å². The quantitative estimate of drug-likeness (QED) is 0.503. The van der Waals surface area contributed by atoms with Crippen molar-refractivity contribution in [2.45, 2.75) is 13.0 Å². The Hall–Kier alpha value is -3.45. The lowest BCUT2D eigenvalue weighted by Crippen LogP contribution is -2.35. The van der Waals surface area contributed by atoms with Crippen molar-refractivity contribution in [3.63, 3.8) is 0 Å². The van der Waals surface area contributed by atoms with Crippen molar-refractivity contribution in [3.05, 3.63) is 72.0 Å². The van der Waals surface area contributed by atoms with Gasteiger partial charge in [0.05, 0.1) is 28.3 Å². The number of aromatic nitrogens is 3. The Morgan fingerprint density at radius 3 is 2.63 bits per heavy atom. The molecule has 7 heteroatoms. The first-order chi connectivity index (χ1) is 14.8. The first-order valence-electron chi connectivity index (χ1n) is 9.73. The van der Waals surface area contributed by atoms with Crippen LogP contribution in [-0.4, -0.2) is 34.2 Å². The maximum absolute atomic E-state index is 6.02. The summed E-state index contributed by atoms with van der Waals surface area (Å²) < 4.78 is 11.8. The van der Waals surface area contributed by atoms with Crippen molar-refractivity contribution < 1.29 is 9.47 Å². The minimum absolute atomic E-state index is 0.120. The number of benzene rings is 2. The molecule has 2 aromatic heterocycles. The van der Waals surface area contributed by atoms with Gasteiger partial charge < -0.3 is 14.8 Å². The molecule has 1 aliphatic rings. The minimum Gasteiger partial charge on any atom is -0.486 e. The number of nitrogens with zero attached hydrogens (tertiary/aromatic N) is 3. The fraction of sp³-hybridized carbons (Fsp3) is 0.174. The van der Waals surface area contributed by atoms with Crippen LogP contribution in [0, 0.1) is 6.92 Å². The number of ether oxygens (including phenoxy) is 2. The summed E-state index contributed by atoms with van der Waals surface area (Å²) in [6, 6.07) is 17.9. The van der Waals surface area contributed by atoms with Gasteiger partial charge in [0.25, 0.3) is 0 Å². The van der Waals surface area contributed by atoms with Crippen molar-refractivity contribution in [1.82, 2.24) is 15.0 Å². The van der Waals surface area contributed by atoms with Crippen molar-refractivity contribution in [2.24, 2.45) is 0 Å². The SMILES string of the molecule is Cc1ncsc1-c1nc(NC[C@@H]2COc3ccccc3O2)ncc1-c1ccccc1. The van der Waals surface area contributed by atoms with Gasteiger partial charge >= 0.3 is 0 Å². The summed E-state index contributed by atoms with van der Waals surface area (Å²) in [5.41, 5.74) is 5.75. The van der Waals surface area contributed by atoms with Gasteiger partial charge in [0.2, 0.25) is 5.95 Å². The van der Waals surface area contributed by atoms with E-state index in [2.05, 4.69) is 27.4 Å². The van der Waals surface area contributed by atoms with E-state index in [0.29, 0.717) is 19.1 Å². The summed E-state index contributed by atoms with van der Waals surface area (Å²) in [7, 11) is 0. The number of hydrogen-bond acceptors (Lipinski definition) is 7. The number of nitrogens with one attached hydrogen (secondary N) is 1. The summed E-state index contributed by atoms with van der Waals surface area (Å²) in [5.74, 6) is 2.09. The number of hydrogen-bond donors (Lipinski definition) is 1. The van der Waals surface area contributed by atoms with E-state index in [1.54, 1.807) is 11.3 Å². The summed E-state index contributed by atoms with van der Waals surface area (Å²) in [4.78, 5) is 14.8. The maximum atomic E-state index is 6.02. The predicted octanol–water partition coefficient (Wildman–Crippen LogP) is 4.83. The molecule has 150 valence electrons. The highest BCUT2D eigenvalue weighted by Gasteiger charge is 2.21. The average Bonchev–Trinajstić information content (AvgIpc) is 3.23. The van der Waals surface area contributed by atoms with Gasteiger partial charge in [-0.05, 0) is 24.6 Å². The van der Waals surface area contributed by atoms with Gasteiger partial charge in [0, 0.05) is 11.8 Å². The number of aryl methyl sites for hydroxylation is 1. The van der Waals surface area contributed by atoms with Crippen LogP contribution in [0.3, 0.4) is 0 Å². The van der Waals surface area contributed by atoms with Crippen LogP contribution in [0.1, 0.15) is 5.69 Å². The molecule has 3 heterocycles. The van der Waals surface area contributed by atoms with E-state index >= 15 is 0 Å². The fourth-order valence-electron chi connectivity index (χ4n) is 3.37. The van der Waals surface area contributed by atoms with Crippen LogP contribution in [0.4, 0.5) is 5.95 Å². The molecule has 0 amide bonds. The molecule has 30 heavy (non-hydrogen) atoms. The van der Waals surface area contributed by atoms with Gasteiger partial charge in [-0.25, -0.2) is 15.0 Å². The van der Waals surface area contributed by atoms with Gasteiger partial charge in [-0.1, -0.05) is 42.5 Å². The van der Waals surface area contributed by atoms with Gasteiger partial charge in [-0.3, -0.25) is 0 Å². The molecule has 1 N–H and O–H groups in total. The van der Waals surface area contributed by atoms with Crippen LogP contribution in [-0.2, 0) is 0 Å². The molecule has 0 saturated heterocycles. The lowest BCUT2D eigenvalue weighted by molar-refractivity contribution is 0.0996. The Morgan fingerprint density at radius 2 is 1.83 bits per heavy atom. The largest absolute Gasteiger partial charge is 0.486 e. The Bertz CT molecular complexity index is 1160. The summed E-state index contributed by atoms with van der Waals surface area (Å²) >= 11 is 1.58. The van der Waals surface area contributed by atoms with Crippen molar-refractivity contribution >= 4 is 17.3 Å². The highest BCUT2D eigenvalue weighted by atomic mass is 32.1. The normalized spacial score (nSPS) is 15.0. The third kappa shape index (κ3) is 3.71. The van der Waals surface area contributed by atoms with E-state index in [1.165, 1.54) is 0 Å². The average molecular weight is 417 g/mol. The second-order valence-electron chi connectivity index (χ2n) is 6.97. The molecule has 2 aromatic carbocycles. The van der Waals surface area contributed by atoms with E-state index in [0.717, 1.165) is 38.9 Å². The molecule has 6 nitrogen and oxygen atoms in total. The van der Waals surface area contributed by atoms with E-state index in [4.69, 9.17) is 14.5 Å². The molecule has 4 aromatic rings. The molecular weight excluding hydrogens is 396 g/mol. The van der Waals surface area contributed by atoms with Crippen molar-refractivity contribution in [3.8, 4) is 33.2 Å². The molecule has 0 spiro atoms. The Morgan fingerprint density at radius 1 is 1.03 bits per heavy atom. The molecule has 0 fully saturated rings. The van der Waals surface area contributed by atoms with E-state index in [1.807, 2.05) is 61.1 Å². The van der Waals surface area contributed by atoms with Crippen LogP contribution in [0.15, 0.2) is 66.3 Å². The monoisotopic (exact) mass is 416 g/mol.